The van der Waals surface area contributed by atoms with Gasteiger partial charge in [0.05, 0.1) is 0 Å². The van der Waals surface area contributed by atoms with Gasteiger partial charge in [0.2, 0.25) is 0 Å². The molecule has 0 saturated heterocycles. The molecular formula is C22H28Cl2SiZr-4. The molecule has 142 valence electrons. The van der Waals surface area contributed by atoms with Crippen LogP contribution >= 0.6 is 24.8 Å². The zero-order chi connectivity index (χ0) is 15.9. The summed E-state index contributed by atoms with van der Waals surface area (Å²) in [6, 6.07) is 18.1. The van der Waals surface area contributed by atoms with Gasteiger partial charge < -0.3 is 14.9 Å². The molecule has 2 aliphatic carbocycles. The van der Waals surface area contributed by atoms with Crippen molar-refractivity contribution in [1.29, 1.82) is 0 Å². The summed E-state index contributed by atoms with van der Waals surface area (Å²) < 4.78 is 0. The van der Waals surface area contributed by atoms with Crippen LogP contribution in [0.15, 0.2) is 60.2 Å². The second-order valence-electron chi connectivity index (χ2n) is 5.37. The van der Waals surface area contributed by atoms with Crippen LogP contribution in [0.5, 0.6) is 0 Å². The summed E-state index contributed by atoms with van der Waals surface area (Å²) in [5.74, 6) is 0.556. The number of allylic oxidation sites excluding steroid dienone is 4. The van der Waals surface area contributed by atoms with E-state index in [4.69, 9.17) is 0 Å². The maximum atomic E-state index is 3.30. The van der Waals surface area contributed by atoms with Crippen LogP contribution in [-0.4, -0.2) is 6.88 Å². The molecule has 0 heterocycles. The van der Waals surface area contributed by atoms with Gasteiger partial charge in [-0.1, -0.05) is 55.2 Å². The minimum atomic E-state index is 0. The molecule has 0 amide bonds. The number of benzene rings is 2. The first-order chi connectivity index (χ1) is 10.7. The first-order valence-electron chi connectivity index (χ1n) is 7.45. The van der Waals surface area contributed by atoms with Crippen LogP contribution in [0, 0.1) is 32.9 Å². The van der Waals surface area contributed by atoms with E-state index in [1.807, 2.05) is 12.9 Å². The van der Waals surface area contributed by atoms with E-state index in [0.717, 1.165) is 6.42 Å². The van der Waals surface area contributed by atoms with Crippen molar-refractivity contribution in [1.82, 2.24) is 0 Å². The molecule has 0 fully saturated rings. The van der Waals surface area contributed by atoms with Crippen molar-refractivity contribution in [3.8, 4) is 11.1 Å². The van der Waals surface area contributed by atoms with Crippen molar-refractivity contribution in [2.75, 3.05) is 0 Å². The molecule has 0 radical (unpaired) electrons. The summed E-state index contributed by atoms with van der Waals surface area (Å²) in [6.07, 6.45) is 8.52. The maximum Gasteiger partial charge on any atom is -0.0253 e. The number of hydrogen-bond acceptors (Lipinski definition) is 0. The summed E-state index contributed by atoms with van der Waals surface area (Å²) in [7, 11) is 0. The third-order valence-electron chi connectivity index (χ3n) is 3.71. The average Bonchev–Trinajstić information content (AvgIpc) is 3.12. The Bertz CT molecular complexity index is 667. The van der Waals surface area contributed by atoms with Crippen LogP contribution in [0.4, 0.5) is 0 Å². The molecule has 26 heavy (non-hydrogen) atoms. The number of halogens is 2. The fourth-order valence-electron chi connectivity index (χ4n) is 2.74. The fourth-order valence-corrected chi connectivity index (χ4v) is 2.74. The Morgan fingerprint density at radius 1 is 1.00 bits per heavy atom. The van der Waals surface area contributed by atoms with Crippen LogP contribution in [0.25, 0.3) is 11.1 Å². The maximum absolute atomic E-state index is 3.30. The molecule has 1 unspecified atom stereocenters. The van der Waals surface area contributed by atoms with Gasteiger partial charge in [0, 0.05) is 0 Å². The normalized spacial score (nSPS) is 13.9. The molecule has 4 heteroatoms. The SMILES string of the molecule is CC1=[C-]C(C)C=C1.Cl.Cl.[CH3-].[CH3-].[SiH2]=[Zr].[c-]1cccc2c1Cc1ccccc1-2. The summed E-state index contributed by atoms with van der Waals surface area (Å²) in [6.45, 7) is 6.15. The van der Waals surface area contributed by atoms with E-state index < -0.39 is 0 Å². The minimum Gasteiger partial charge on any atom is -0.179 e. The minimum absolute atomic E-state index is 0. The second-order valence-corrected chi connectivity index (χ2v) is 5.37. The van der Waals surface area contributed by atoms with E-state index in [0.29, 0.717) is 5.92 Å². The molecule has 2 aromatic rings. The van der Waals surface area contributed by atoms with Crippen LogP contribution in [-0.2, 0) is 29.8 Å². The van der Waals surface area contributed by atoms with Crippen molar-refractivity contribution in [3.05, 3.63) is 98.3 Å². The van der Waals surface area contributed by atoms with Crippen LogP contribution < -0.4 is 0 Å². The molecule has 2 aliphatic rings. The Morgan fingerprint density at radius 3 is 2.15 bits per heavy atom. The van der Waals surface area contributed by atoms with Gasteiger partial charge in [0.1, 0.15) is 0 Å². The number of hydrogen-bond donors (Lipinski definition) is 0. The van der Waals surface area contributed by atoms with Crippen LogP contribution in [0.1, 0.15) is 25.0 Å². The monoisotopic (exact) mass is 480 g/mol. The Hall–Kier alpha value is -0.400. The summed E-state index contributed by atoms with van der Waals surface area (Å²) in [4.78, 5) is 0. The zero-order valence-corrected chi connectivity index (χ0v) is 21.5. The molecule has 0 aromatic heterocycles. The van der Waals surface area contributed by atoms with Gasteiger partial charge in [-0.2, -0.15) is 35.9 Å². The molecule has 2 aromatic carbocycles. The Morgan fingerprint density at radius 2 is 1.62 bits per heavy atom. The fraction of sp³-hybridized carbons (Fsp3) is 0.182. The standard InChI is InChI=1S/C13H9.C7H9.2CH3.2ClH.H2Si.Zr/c1-3-7-12-10(5-1)9-11-6-2-4-8-13(11)12;1-6-3-4-7(2)5-6;;;;;;/h1-5,7-8H,9H2;3-4,6H,1-2H3;2*1H3;2*1H;1H2;/q4*-1;;;;. The molecule has 0 nitrogen and oxygen atoms in total. The van der Waals surface area contributed by atoms with Gasteiger partial charge in [-0.25, -0.2) is 11.6 Å². The summed E-state index contributed by atoms with van der Waals surface area (Å²) >= 11 is 1.58. The number of fused-ring (bicyclic) bond motifs is 3. The van der Waals surface area contributed by atoms with Crippen molar-refractivity contribution >= 4 is 31.7 Å². The second kappa shape index (κ2) is 15.6. The van der Waals surface area contributed by atoms with Crippen molar-refractivity contribution in [3.63, 3.8) is 0 Å². The van der Waals surface area contributed by atoms with Gasteiger partial charge in [-0.15, -0.1) is 30.4 Å². The van der Waals surface area contributed by atoms with Gasteiger partial charge in [-0.05, 0) is 6.42 Å². The third-order valence-corrected chi connectivity index (χ3v) is 3.71. The first kappa shape index (κ1) is 30.3. The third kappa shape index (κ3) is 8.09. The smallest absolute Gasteiger partial charge is 0.0253 e. The van der Waals surface area contributed by atoms with Crippen molar-refractivity contribution in [2.45, 2.75) is 20.3 Å². The van der Waals surface area contributed by atoms with Gasteiger partial charge in [0.25, 0.3) is 0 Å². The van der Waals surface area contributed by atoms with Crippen LogP contribution in [0.2, 0.25) is 0 Å². The van der Waals surface area contributed by atoms with Crippen LogP contribution in [0.3, 0.4) is 0 Å². The topological polar surface area (TPSA) is 0 Å². The molecule has 0 aliphatic heterocycles. The molecule has 0 bridgehead atoms. The largest absolute Gasteiger partial charge is 0.179 e. The van der Waals surface area contributed by atoms with Gasteiger partial charge in [-0.3, -0.25) is 6.08 Å². The van der Waals surface area contributed by atoms with Crippen molar-refractivity contribution in [2.24, 2.45) is 5.92 Å². The first-order valence-corrected chi connectivity index (χ1v) is 13.4. The quantitative estimate of drug-likeness (QED) is 0.280. The Labute approximate surface area is 189 Å². The van der Waals surface area contributed by atoms with E-state index >= 15 is 0 Å². The van der Waals surface area contributed by atoms with Gasteiger partial charge in [0.15, 0.2) is 0 Å². The summed E-state index contributed by atoms with van der Waals surface area (Å²) in [5, 5.41) is 0. The molecule has 1 atom stereocenters. The number of rotatable bonds is 0. The molecule has 0 spiro atoms. The van der Waals surface area contributed by atoms with E-state index in [9.17, 15) is 0 Å². The predicted octanol–water partition coefficient (Wildman–Crippen LogP) is 5.83. The van der Waals surface area contributed by atoms with Gasteiger partial charge >= 0.3 is 30.2 Å². The Balaban J connectivity index is -0.000000360. The van der Waals surface area contributed by atoms with E-state index in [1.165, 1.54) is 27.8 Å². The molecule has 0 N–H and O–H groups in total. The van der Waals surface area contributed by atoms with Crippen molar-refractivity contribution < 1.29 is 23.3 Å². The zero-order valence-electron chi connectivity index (χ0n) is 16.0. The average molecular weight is 483 g/mol. The molecule has 4 rings (SSSR count). The predicted molar refractivity (Wildman–Crippen MR) is 120 cm³/mol. The molecular weight excluding hydrogens is 454 g/mol. The molecule has 0 saturated carbocycles. The summed E-state index contributed by atoms with van der Waals surface area (Å²) in [5.41, 5.74) is 6.78. The Kier molecular flexibility index (Phi) is 18.2. The van der Waals surface area contributed by atoms with E-state index in [-0.39, 0.29) is 39.7 Å². The van der Waals surface area contributed by atoms with E-state index in [2.05, 4.69) is 74.5 Å². The van der Waals surface area contributed by atoms with E-state index in [1.54, 1.807) is 23.3 Å².